The van der Waals surface area contributed by atoms with Gasteiger partial charge in [0.1, 0.15) is 18.0 Å². The molecule has 3 rings (SSSR count). The van der Waals surface area contributed by atoms with Gasteiger partial charge < -0.3 is 0 Å². The standard InChI is InChI=1S/C16H15N5/c1-9-5-14-15(6-10(9)2)21(8-18-14)16-13(7-17)11(3)12(4)19-20-16/h5-6,8H,1-4H3. The third-order valence-electron chi connectivity index (χ3n) is 3.94. The second-order valence-electron chi connectivity index (χ2n) is 5.26. The summed E-state index contributed by atoms with van der Waals surface area (Å²) in [7, 11) is 0. The van der Waals surface area contributed by atoms with E-state index in [9.17, 15) is 5.26 Å². The Bertz CT molecular complexity index is 899. The molecule has 0 radical (unpaired) electrons. The molecule has 0 aliphatic heterocycles. The lowest BCUT2D eigenvalue weighted by molar-refractivity contribution is 0.885. The third-order valence-corrected chi connectivity index (χ3v) is 3.94. The van der Waals surface area contributed by atoms with Crippen LogP contribution in [0.25, 0.3) is 16.9 Å². The molecular weight excluding hydrogens is 262 g/mol. The minimum Gasteiger partial charge on any atom is -0.280 e. The fraction of sp³-hybridized carbons (Fsp3) is 0.250. The van der Waals surface area contributed by atoms with Crippen molar-refractivity contribution in [2.75, 3.05) is 0 Å². The first kappa shape index (κ1) is 13.3. The molecule has 104 valence electrons. The molecule has 0 spiro atoms. The van der Waals surface area contributed by atoms with Gasteiger partial charge in [-0.15, -0.1) is 5.10 Å². The van der Waals surface area contributed by atoms with Gasteiger partial charge in [-0.1, -0.05) is 0 Å². The molecule has 1 aromatic carbocycles. The molecule has 2 heterocycles. The summed E-state index contributed by atoms with van der Waals surface area (Å²) in [5.74, 6) is 0.534. The summed E-state index contributed by atoms with van der Waals surface area (Å²) in [4.78, 5) is 4.41. The maximum atomic E-state index is 9.44. The van der Waals surface area contributed by atoms with Crippen molar-refractivity contribution in [1.29, 1.82) is 5.26 Å². The van der Waals surface area contributed by atoms with Crippen LogP contribution in [0.15, 0.2) is 18.5 Å². The van der Waals surface area contributed by atoms with Gasteiger partial charge in [0, 0.05) is 0 Å². The number of hydrogen-bond donors (Lipinski definition) is 0. The molecule has 5 nitrogen and oxygen atoms in total. The molecule has 0 fully saturated rings. The van der Waals surface area contributed by atoms with E-state index in [2.05, 4.69) is 41.2 Å². The first-order valence-electron chi connectivity index (χ1n) is 6.71. The molecular formula is C16H15N5. The van der Waals surface area contributed by atoms with E-state index in [0.717, 1.165) is 22.3 Å². The van der Waals surface area contributed by atoms with Gasteiger partial charge in [-0.2, -0.15) is 10.4 Å². The largest absolute Gasteiger partial charge is 0.280 e. The fourth-order valence-electron chi connectivity index (χ4n) is 2.33. The predicted octanol–water partition coefficient (Wildman–Crippen LogP) is 2.92. The number of aryl methyl sites for hydroxylation is 3. The second-order valence-corrected chi connectivity index (χ2v) is 5.26. The Morgan fingerprint density at radius 2 is 1.76 bits per heavy atom. The van der Waals surface area contributed by atoms with E-state index in [1.54, 1.807) is 6.33 Å². The lowest BCUT2D eigenvalue weighted by Crippen LogP contribution is -2.06. The molecule has 0 aliphatic rings. The zero-order valence-corrected chi connectivity index (χ0v) is 12.5. The number of nitrogens with zero attached hydrogens (tertiary/aromatic N) is 5. The van der Waals surface area contributed by atoms with Gasteiger partial charge in [0.05, 0.1) is 16.7 Å². The van der Waals surface area contributed by atoms with Crippen molar-refractivity contribution in [3.63, 3.8) is 0 Å². The molecule has 2 aromatic heterocycles. The topological polar surface area (TPSA) is 67.4 Å². The Morgan fingerprint density at radius 3 is 2.48 bits per heavy atom. The van der Waals surface area contributed by atoms with Crippen LogP contribution in [-0.2, 0) is 0 Å². The normalized spacial score (nSPS) is 10.8. The molecule has 0 atom stereocenters. The summed E-state index contributed by atoms with van der Waals surface area (Å²) >= 11 is 0. The Balaban J connectivity index is 2.34. The maximum absolute atomic E-state index is 9.44. The highest BCUT2D eigenvalue weighted by Crippen LogP contribution is 2.23. The van der Waals surface area contributed by atoms with Gasteiger partial charge in [0.25, 0.3) is 0 Å². The van der Waals surface area contributed by atoms with E-state index in [0.29, 0.717) is 11.4 Å². The Kier molecular flexibility index (Phi) is 2.95. The van der Waals surface area contributed by atoms with Crippen molar-refractivity contribution in [1.82, 2.24) is 19.7 Å². The number of imidazole rings is 1. The SMILES string of the molecule is Cc1cc2ncn(-c3nnc(C)c(C)c3C#N)c2cc1C. The van der Waals surface area contributed by atoms with E-state index in [1.807, 2.05) is 24.5 Å². The Hall–Kier alpha value is -2.74. The Labute approximate surface area is 122 Å². The van der Waals surface area contributed by atoms with Crippen LogP contribution >= 0.6 is 0 Å². The quantitative estimate of drug-likeness (QED) is 0.686. The number of fused-ring (bicyclic) bond motifs is 1. The number of rotatable bonds is 1. The third kappa shape index (κ3) is 1.96. The van der Waals surface area contributed by atoms with E-state index in [4.69, 9.17) is 0 Å². The molecule has 0 unspecified atom stereocenters. The monoisotopic (exact) mass is 277 g/mol. The van der Waals surface area contributed by atoms with Crippen LogP contribution in [0.2, 0.25) is 0 Å². The van der Waals surface area contributed by atoms with Crippen molar-refractivity contribution in [2.45, 2.75) is 27.7 Å². The molecule has 5 heteroatoms. The van der Waals surface area contributed by atoms with Crippen LogP contribution in [0.1, 0.15) is 27.9 Å². The first-order chi connectivity index (χ1) is 10.0. The zero-order chi connectivity index (χ0) is 15.1. The summed E-state index contributed by atoms with van der Waals surface area (Å²) in [6.45, 7) is 7.86. The van der Waals surface area contributed by atoms with E-state index >= 15 is 0 Å². The minimum atomic E-state index is 0.534. The maximum Gasteiger partial charge on any atom is 0.179 e. The molecule has 0 saturated heterocycles. The summed E-state index contributed by atoms with van der Waals surface area (Å²) in [5, 5.41) is 17.8. The van der Waals surface area contributed by atoms with E-state index in [1.165, 1.54) is 11.1 Å². The van der Waals surface area contributed by atoms with Gasteiger partial charge in [-0.25, -0.2) is 4.98 Å². The average Bonchev–Trinajstić information content (AvgIpc) is 2.85. The van der Waals surface area contributed by atoms with Gasteiger partial charge in [0.2, 0.25) is 0 Å². The van der Waals surface area contributed by atoms with Crippen molar-refractivity contribution in [2.24, 2.45) is 0 Å². The van der Waals surface area contributed by atoms with Gasteiger partial charge >= 0.3 is 0 Å². The molecule has 21 heavy (non-hydrogen) atoms. The van der Waals surface area contributed by atoms with Crippen molar-refractivity contribution < 1.29 is 0 Å². The van der Waals surface area contributed by atoms with Gasteiger partial charge in [-0.05, 0) is 56.5 Å². The van der Waals surface area contributed by atoms with Crippen LogP contribution in [0, 0.1) is 39.0 Å². The molecule has 0 amide bonds. The summed E-state index contributed by atoms with van der Waals surface area (Å²) in [6.07, 6.45) is 1.70. The predicted molar refractivity (Wildman–Crippen MR) is 80.3 cm³/mol. The second kappa shape index (κ2) is 4.67. The lowest BCUT2D eigenvalue weighted by atomic mass is 10.1. The van der Waals surface area contributed by atoms with Crippen LogP contribution < -0.4 is 0 Å². The van der Waals surface area contributed by atoms with Crippen LogP contribution in [0.3, 0.4) is 0 Å². The molecule has 0 bridgehead atoms. The number of benzene rings is 1. The van der Waals surface area contributed by atoms with E-state index < -0.39 is 0 Å². The Morgan fingerprint density at radius 1 is 1.05 bits per heavy atom. The smallest absolute Gasteiger partial charge is 0.179 e. The van der Waals surface area contributed by atoms with Crippen LogP contribution in [0.4, 0.5) is 0 Å². The van der Waals surface area contributed by atoms with Crippen molar-refractivity contribution in [3.8, 4) is 11.9 Å². The summed E-state index contributed by atoms with van der Waals surface area (Å²) in [5.41, 5.74) is 6.37. The first-order valence-corrected chi connectivity index (χ1v) is 6.71. The summed E-state index contributed by atoms with van der Waals surface area (Å²) < 4.78 is 1.83. The van der Waals surface area contributed by atoms with Gasteiger partial charge in [-0.3, -0.25) is 4.57 Å². The summed E-state index contributed by atoms with van der Waals surface area (Å²) in [6, 6.07) is 6.34. The van der Waals surface area contributed by atoms with Gasteiger partial charge in [0.15, 0.2) is 5.82 Å². The van der Waals surface area contributed by atoms with Crippen molar-refractivity contribution in [3.05, 3.63) is 46.4 Å². The highest BCUT2D eigenvalue weighted by molar-refractivity contribution is 5.79. The van der Waals surface area contributed by atoms with Crippen LogP contribution in [0.5, 0.6) is 0 Å². The molecule has 0 saturated carbocycles. The lowest BCUT2D eigenvalue weighted by Gasteiger charge is -2.09. The number of hydrogen-bond acceptors (Lipinski definition) is 4. The fourth-order valence-corrected chi connectivity index (χ4v) is 2.33. The van der Waals surface area contributed by atoms with E-state index in [-0.39, 0.29) is 0 Å². The molecule has 0 N–H and O–H groups in total. The minimum absolute atomic E-state index is 0.534. The highest BCUT2D eigenvalue weighted by Gasteiger charge is 2.15. The molecule has 3 aromatic rings. The van der Waals surface area contributed by atoms with Crippen LogP contribution in [-0.4, -0.2) is 19.7 Å². The zero-order valence-electron chi connectivity index (χ0n) is 12.5. The number of aromatic nitrogens is 4. The average molecular weight is 277 g/mol. The molecule has 0 aliphatic carbocycles. The highest BCUT2D eigenvalue weighted by atomic mass is 15.2. The van der Waals surface area contributed by atoms with Crippen molar-refractivity contribution >= 4 is 11.0 Å². The number of nitriles is 1.